The Hall–Kier alpha value is -2.21. The molecule has 1 amide bonds. The van der Waals surface area contributed by atoms with Gasteiger partial charge in [-0.3, -0.25) is 10.1 Å². The van der Waals surface area contributed by atoms with Crippen LogP contribution in [-0.4, -0.2) is 41.4 Å². The lowest BCUT2D eigenvalue weighted by Crippen LogP contribution is -2.43. The number of sulfonamides is 1. The highest BCUT2D eigenvalue weighted by Gasteiger charge is 2.39. The molecule has 1 atom stereocenters. The van der Waals surface area contributed by atoms with Gasteiger partial charge in [0.25, 0.3) is 0 Å². The van der Waals surface area contributed by atoms with Gasteiger partial charge in [-0.25, -0.2) is 12.8 Å². The molecule has 1 aromatic heterocycles. The van der Waals surface area contributed by atoms with Crippen LogP contribution in [0.3, 0.4) is 0 Å². The van der Waals surface area contributed by atoms with Crippen molar-refractivity contribution in [3.05, 3.63) is 58.8 Å². The lowest BCUT2D eigenvalue weighted by atomic mass is 10.2. The minimum Gasteiger partial charge on any atom is -0.299 e. The number of hydrogen-bond acceptors (Lipinski definition) is 6. The first-order chi connectivity index (χ1) is 14.3. The number of benzene rings is 2. The Labute approximate surface area is 185 Å². The molecule has 2 aromatic carbocycles. The molecule has 1 fully saturated rings. The van der Waals surface area contributed by atoms with Crippen molar-refractivity contribution in [3.63, 3.8) is 0 Å². The van der Waals surface area contributed by atoms with Gasteiger partial charge < -0.3 is 0 Å². The van der Waals surface area contributed by atoms with Crippen LogP contribution < -0.4 is 5.32 Å². The average molecular weight is 511 g/mol. The number of halogens is 2. The van der Waals surface area contributed by atoms with Gasteiger partial charge in [0.2, 0.25) is 21.1 Å². The molecule has 11 heteroatoms. The van der Waals surface area contributed by atoms with E-state index in [4.69, 9.17) is 0 Å². The van der Waals surface area contributed by atoms with Crippen molar-refractivity contribution in [2.24, 2.45) is 0 Å². The number of carbonyl (C=O) groups excluding carboxylic acids is 1. The molecule has 7 nitrogen and oxygen atoms in total. The monoisotopic (exact) mass is 510 g/mol. The second-order valence-corrected chi connectivity index (χ2v) is 10.4. The summed E-state index contributed by atoms with van der Waals surface area (Å²) in [6.07, 6.45) is 0.946. The standard InChI is InChI=1S/C19H16BrFN4O3S2/c20-13-4-1-3-12(11-13)18-23-24-19(29-18)22-17(26)16-5-2-10-25(16)30(27,28)15-8-6-14(21)7-9-15/h1,3-4,6-9,11,16H,2,5,10H2,(H,22,24,26). The minimum atomic E-state index is -3.92. The fourth-order valence-corrected chi connectivity index (χ4v) is 6.03. The van der Waals surface area contributed by atoms with E-state index in [-0.39, 0.29) is 11.4 Å². The van der Waals surface area contributed by atoms with Crippen LogP contribution >= 0.6 is 27.3 Å². The van der Waals surface area contributed by atoms with E-state index in [2.05, 4.69) is 31.4 Å². The van der Waals surface area contributed by atoms with Crippen LogP contribution in [-0.2, 0) is 14.8 Å². The zero-order valence-corrected chi connectivity index (χ0v) is 18.7. The van der Waals surface area contributed by atoms with Gasteiger partial charge in [-0.2, -0.15) is 4.31 Å². The molecule has 1 saturated heterocycles. The largest absolute Gasteiger partial charge is 0.299 e. The van der Waals surface area contributed by atoms with Crippen molar-refractivity contribution < 1.29 is 17.6 Å². The van der Waals surface area contributed by atoms with E-state index in [1.54, 1.807) is 0 Å². The van der Waals surface area contributed by atoms with Crippen molar-refractivity contribution in [1.29, 1.82) is 0 Å². The van der Waals surface area contributed by atoms with E-state index in [0.717, 1.165) is 26.5 Å². The molecule has 156 valence electrons. The molecule has 0 saturated carbocycles. The second kappa shape index (κ2) is 8.50. The van der Waals surface area contributed by atoms with Crippen LogP contribution in [0.15, 0.2) is 57.9 Å². The van der Waals surface area contributed by atoms with Crippen LogP contribution in [0.5, 0.6) is 0 Å². The Morgan fingerprint density at radius 2 is 1.97 bits per heavy atom. The van der Waals surface area contributed by atoms with Crippen LogP contribution in [0, 0.1) is 5.82 Å². The second-order valence-electron chi connectivity index (χ2n) is 6.64. The Kier molecular flexibility index (Phi) is 5.96. The predicted octanol–water partition coefficient (Wildman–Crippen LogP) is 3.90. The topological polar surface area (TPSA) is 92.3 Å². The van der Waals surface area contributed by atoms with Gasteiger partial charge in [0, 0.05) is 16.6 Å². The van der Waals surface area contributed by atoms with Crippen LogP contribution in [0.2, 0.25) is 0 Å². The Balaban J connectivity index is 1.51. The Morgan fingerprint density at radius 3 is 2.70 bits per heavy atom. The third-order valence-electron chi connectivity index (χ3n) is 4.65. The van der Waals surface area contributed by atoms with E-state index in [1.807, 2.05) is 24.3 Å². The molecule has 2 heterocycles. The van der Waals surface area contributed by atoms with Gasteiger partial charge in [-0.05, 0) is 49.2 Å². The molecular formula is C19H16BrFN4O3S2. The Bertz CT molecular complexity index is 1180. The fourth-order valence-electron chi connectivity index (χ4n) is 3.23. The lowest BCUT2D eigenvalue weighted by molar-refractivity contribution is -0.119. The van der Waals surface area contributed by atoms with E-state index in [1.165, 1.54) is 23.5 Å². The molecule has 1 unspecified atom stereocenters. The summed E-state index contributed by atoms with van der Waals surface area (Å²) in [6, 6.07) is 11.2. The predicted molar refractivity (Wildman–Crippen MR) is 115 cm³/mol. The highest BCUT2D eigenvalue weighted by Crippen LogP contribution is 2.30. The quantitative estimate of drug-likeness (QED) is 0.561. The normalized spacial score (nSPS) is 17.2. The smallest absolute Gasteiger partial charge is 0.244 e. The van der Waals surface area contributed by atoms with E-state index in [0.29, 0.717) is 23.0 Å². The number of rotatable bonds is 5. The van der Waals surface area contributed by atoms with Crippen molar-refractivity contribution in [2.45, 2.75) is 23.8 Å². The first-order valence-corrected chi connectivity index (χ1v) is 12.1. The van der Waals surface area contributed by atoms with Gasteiger partial charge in [0.1, 0.15) is 16.9 Å². The summed E-state index contributed by atoms with van der Waals surface area (Å²) in [5.74, 6) is -0.989. The van der Waals surface area contributed by atoms with Crippen molar-refractivity contribution in [1.82, 2.24) is 14.5 Å². The molecule has 3 aromatic rings. The number of anilines is 1. The third kappa shape index (κ3) is 4.29. The third-order valence-corrected chi connectivity index (χ3v) is 7.96. The zero-order chi connectivity index (χ0) is 21.3. The molecule has 30 heavy (non-hydrogen) atoms. The summed E-state index contributed by atoms with van der Waals surface area (Å²) < 4.78 is 41.1. The highest BCUT2D eigenvalue weighted by molar-refractivity contribution is 9.10. The SMILES string of the molecule is O=C(Nc1nnc(-c2cccc(Br)c2)s1)C1CCCN1S(=O)(=O)c1ccc(F)cc1. The van der Waals surface area contributed by atoms with Gasteiger partial charge in [-0.15, -0.1) is 10.2 Å². The molecule has 0 aliphatic carbocycles. The first-order valence-electron chi connectivity index (χ1n) is 9.02. The molecule has 1 N–H and O–H groups in total. The number of carbonyl (C=O) groups is 1. The fraction of sp³-hybridized carbons (Fsp3) is 0.211. The first kappa shape index (κ1) is 21.0. The summed E-state index contributed by atoms with van der Waals surface area (Å²) in [5.41, 5.74) is 0.851. The number of nitrogens with one attached hydrogen (secondary N) is 1. The van der Waals surface area contributed by atoms with Crippen LogP contribution in [0.4, 0.5) is 9.52 Å². The van der Waals surface area contributed by atoms with Gasteiger partial charge in [0.05, 0.1) is 4.90 Å². The van der Waals surface area contributed by atoms with Crippen molar-refractivity contribution in [2.75, 3.05) is 11.9 Å². The maximum absolute atomic E-state index is 13.2. The van der Waals surface area contributed by atoms with Crippen LogP contribution in [0.25, 0.3) is 10.6 Å². The number of nitrogens with zero attached hydrogens (tertiary/aromatic N) is 3. The Morgan fingerprint density at radius 1 is 1.20 bits per heavy atom. The zero-order valence-electron chi connectivity index (χ0n) is 15.5. The summed E-state index contributed by atoms with van der Waals surface area (Å²) in [5, 5.41) is 11.7. The maximum atomic E-state index is 13.2. The molecule has 1 aliphatic heterocycles. The summed E-state index contributed by atoms with van der Waals surface area (Å²) in [7, 11) is -3.92. The van der Waals surface area contributed by atoms with Gasteiger partial charge >= 0.3 is 0 Å². The highest BCUT2D eigenvalue weighted by atomic mass is 79.9. The maximum Gasteiger partial charge on any atom is 0.244 e. The van der Waals surface area contributed by atoms with E-state index in [9.17, 15) is 17.6 Å². The molecule has 0 radical (unpaired) electrons. The summed E-state index contributed by atoms with van der Waals surface area (Å²) in [4.78, 5) is 12.8. The van der Waals surface area contributed by atoms with E-state index >= 15 is 0 Å². The molecule has 4 rings (SSSR count). The summed E-state index contributed by atoms with van der Waals surface area (Å²) >= 11 is 4.61. The van der Waals surface area contributed by atoms with Gasteiger partial charge in [-0.1, -0.05) is 39.4 Å². The molecule has 0 spiro atoms. The molecule has 1 aliphatic rings. The average Bonchev–Trinajstić information content (AvgIpc) is 3.38. The lowest BCUT2D eigenvalue weighted by Gasteiger charge is -2.22. The minimum absolute atomic E-state index is 0.0449. The van der Waals surface area contributed by atoms with Crippen molar-refractivity contribution >= 4 is 48.3 Å². The number of aromatic nitrogens is 2. The van der Waals surface area contributed by atoms with Gasteiger partial charge in [0.15, 0.2) is 0 Å². The summed E-state index contributed by atoms with van der Waals surface area (Å²) in [6.45, 7) is 0.219. The number of amides is 1. The van der Waals surface area contributed by atoms with E-state index < -0.39 is 27.8 Å². The molecular weight excluding hydrogens is 495 g/mol. The molecule has 0 bridgehead atoms. The van der Waals surface area contributed by atoms with Crippen LogP contribution in [0.1, 0.15) is 12.8 Å². The van der Waals surface area contributed by atoms with Crippen molar-refractivity contribution in [3.8, 4) is 10.6 Å². The number of hydrogen-bond donors (Lipinski definition) is 1.